The van der Waals surface area contributed by atoms with E-state index >= 15 is 0 Å². The Balaban J connectivity index is 2.11. The molecule has 0 saturated carbocycles. The lowest BCUT2D eigenvalue weighted by atomic mass is 9.99. The van der Waals surface area contributed by atoms with E-state index in [0.29, 0.717) is 16.6 Å². The number of amides is 1. The van der Waals surface area contributed by atoms with E-state index in [2.05, 4.69) is 12.1 Å². The molecule has 2 rings (SSSR count). The number of nitrogens with zero attached hydrogens (tertiary/aromatic N) is 2. The molecule has 0 radical (unpaired) electrons. The Bertz CT molecular complexity index is 395. The molecule has 0 unspecified atom stereocenters. The third-order valence-corrected chi connectivity index (χ3v) is 3.50. The zero-order chi connectivity index (χ0) is 11.7. The number of carbonyl (C=O) groups is 1. The SMILES string of the molecule is Cc1noc(C(=O)N2CCC(C)CC2)c1Cl. The maximum absolute atomic E-state index is 12.0. The third-order valence-electron chi connectivity index (χ3n) is 3.06. The van der Waals surface area contributed by atoms with Crippen molar-refractivity contribution in [3.63, 3.8) is 0 Å². The topological polar surface area (TPSA) is 46.3 Å². The van der Waals surface area contributed by atoms with E-state index in [1.165, 1.54) is 0 Å². The number of aryl methyl sites for hydroxylation is 1. The Morgan fingerprint density at radius 2 is 2.12 bits per heavy atom. The zero-order valence-electron chi connectivity index (χ0n) is 9.49. The molecule has 0 N–H and O–H groups in total. The first kappa shape index (κ1) is 11.5. The van der Waals surface area contributed by atoms with Gasteiger partial charge in [0, 0.05) is 13.1 Å². The molecule has 0 aliphatic carbocycles. The number of likely N-dealkylation sites (tertiary alicyclic amines) is 1. The maximum Gasteiger partial charge on any atom is 0.294 e. The van der Waals surface area contributed by atoms with Crippen molar-refractivity contribution in [2.75, 3.05) is 13.1 Å². The highest BCUT2D eigenvalue weighted by Gasteiger charge is 2.27. The molecule has 1 aromatic rings. The van der Waals surface area contributed by atoms with Gasteiger partial charge < -0.3 is 9.42 Å². The predicted molar refractivity (Wildman–Crippen MR) is 60.6 cm³/mol. The normalized spacial score (nSPS) is 17.8. The van der Waals surface area contributed by atoms with Crippen LogP contribution in [0.2, 0.25) is 5.02 Å². The highest BCUT2D eigenvalue weighted by atomic mass is 35.5. The molecule has 2 heterocycles. The molecular weight excluding hydrogens is 228 g/mol. The summed E-state index contributed by atoms with van der Waals surface area (Å²) in [6.45, 7) is 5.47. The molecule has 16 heavy (non-hydrogen) atoms. The largest absolute Gasteiger partial charge is 0.349 e. The van der Waals surface area contributed by atoms with Crippen LogP contribution in [0.25, 0.3) is 0 Å². The van der Waals surface area contributed by atoms with Gasteiger partial charge in [0.05, 0.1) is 5.69 Å². The molecule has 0 aromatic carbocycles. The van der Waals surface area contributed by atoms with Crippen molar-refractivity contribution in [2.24, 2.45) is 5.92 Å². The van der Waals surface area contributed by atoms with Crippen molar-refractivity contribution in [3.8, 4) is 0 Å². The Morgan fingerprint density at radius 1 is 1.50 bits per heavy atom. The minimum absolute atomic E-state index is 0.141. The van der Waals surface area contributed by atoms with E-state index in [9.17, 15) is 4.79 Å². The zero-order valence-corrected chi connectivity index (χ0v) is 10.3. The van der Waals surface area contributed by atoms with Crippen molar-refractivity contribution in [1.29, 1.82) is 0 Å². The Labute approximate surface area is 99.5 Å². The number of carbonyl (C=O) groups excluding carboxylic acids is 1. The number of piperidine rings is 1. The summed E-state index contributed by atoms with van der Waals surface area (Å²) in [4.78, 5) is 13.8. The lowest BCUT2D eigenvalue weighted by Crippen LogP contribution is -2.37. The van der Waals surface area contributed by atoms with Crippen LogP contribution in [0.3, 0.4) is 0 Å². The fourth-order valence-corrected chi connectivity index (χ4v) is 2.00. The fraction of sp³-hybridized carbons (Fsp3) is 0.636. The predicted octanol–water partition coefficient (Wildman–Crippen LogP) is 2.51. The third kappa shape index (κ3) is 2.07. The average molecular weight is 243 g/mol. The van der Waals surface area contributed by atoms with Crippen LogP contribution < -0.4 is 0 Å². The summed E-state index contributed by atoms with van der Waals surface area (Å²) < 4.78 is 4.96. The van der Waals surface area contributed by atoms with Crippen LogP contribution in [-0.2, 0) is 0 Å². The number of halogens is 1. The Kier molecular flexibility index (Phi) is 3.19. The van der Waals surface area contributed by atoms with Crippen LogP contribution in [-0.4, -0.2) is 29.1 Å². The van der Waals surface area contributed by atoms with Gasteiger partial charge in [-0.15, -0.1) is 0 Å². The molecule has 0 atom stereocenters. The molecule has 0 bridgehead atoms. The molecule has 1 aliphatic heterocycles. The van der Waals surface area contributed by atoms with Gasteiger partial charge in [-0.2, -0.15) is 0 Å². The summed E-state index contributed by atoms with van der Waals surface area (Å²) in [5.41, 5.74) is 0.565. The van der Waals surface area contributed by atoms with E-state index in [1.54, 1.807) is 11.8 Å². The van der Waals surface area contributed by atoms with Crippen LogP contribution in [0, 0.1) is 12.8 Å². The molecular formula is C11H15ClN2O2. The first-order chi connectivity index (χ1) is 7.59. The first-order valence-corrected chi connectivity index (χ1v) is 5.88. The quantitative estimate of drug-likeness (QED) is 0.760. The summed E-state index contributed by atoms with van der Waals surface area (Å²) in [5, 5.41) is 4.03. The molecule has 1 fully saturated rings. The maximum atomic E-state index is 12.0. The van der Waals surface area contributed by atoms with Crippen LogP contribution in [0.5, 0.6) is 0 Å². The van der Waals surface area contributed by atoms with Gasteiger partial charge in [-0.1, -0.05) is 23.7 Å². The molecule has 0 spiro atoms. The van der Waals surface area contributed by atoms with Crippen LogP contribution in [0.4, 0.5) is 0 Å². The van der Waals surface area contributed by atoms with Crippen molar-refractivity contribution in [1.82, 2.24) is 10.1 Å². The van der Waals surface area contributed by atoms with Gasteiger partial charge in [-0.05, 0) is 25.7 Å². The molecule has 1 aromatic heterocycles. The van der Waals surface area contributed by atoms with Crippen molar-refractivity contribution < 1.29 is 9.32 Å². The Morgan fingerprint density at radius 3 is 2.62 bits per heavy atom. The lowest BCUT2D eigenvalue weighted by molar-refractivity contribution is 0.0655. The molecule has 88 valence electrons. The fourth-order valence-electron chi connectivity index (χ4n) is 1.85. The minimum atomic E-state index is -0.141. The molecule has 1 saturated heterocycles. The molecule has 5 heteroatoms. The second kappa shape index (κ2) is 4.45. The van der Waals surface area contributed by atoms with Gasteiger partial charge in [0.1, 0.15) is 5.02 Å². The van der Waals surface area contributed by atoms with Gasteiger partial charge in [0.2, 0.25) is 5.76 Å². The number of rotatable bonds is 1. The molecule has 4 nitrogen and oxygen atoms in total. The van der Waals surface area contributed by atoms with E-state index in [1.807, 2.05) is 0 Å². The van der Waals surface area contributed by atoms with Crippen LogP contribution in [0.15, 0.2) is 4.52 Å². The second-order valence-electron chi connectivity index (χ2n) is 4.39. The summed E-state index contributed by atoms with van der Waals surface area (Å²) in [6, 6.07) is 0. The van der Waals surface area contributed by atoms with Crippen molar-refractivity contribution >= 4 is 17.5 Å². The molecule has 1 aliphatic rings. The van der Waals surface area contributed by atoms with Crippen molar-refractivity contribution in [2.45, 2.75) is 26.7 Å². The van der Waals surface area contributed by atoms with Gasteiger partial charge in [-0.3, -0.25) is 4.79 Å². The summed E-state index contributed by atoms with van der Waals surface area (Å²) in [6.07, 6.45) is 2.08. The van der Waals surface area contributed by atoms with Crippen LogP contribution >= 0.6 is 11.6 Å². The standard InChI is InChI=1S/C11H15ClN2O2/c1-7-3-5-14(6-4-7)11(15)10-9(12)8(2)13-16-10/h7H,3-6H2,1-2H3. The number of hydrogen-bond donors (Lipinski definition) is 0. The van der Waals surface area contributed by atoms with E-state index in [-0.39, 0.29) is 11.7 Å². The summed E-state index contributed by atoms with van der Waals surface area (Å²) in [5.74, 6) is 0.724. The second-order valence-corrected chi connectivity index (χ2v) is 4.76. The number of aromatic nitrogens is 1. The van der Waals surface area contributed by atoms with Gasteiger partial charge in [-0.25, -0.2) is 0 Å². The summed E-state index contributed by atoms with van der Waals surface area (Å²) in [7, 11) is 0. The van der Waals surface area contributed by atoms with E-state index < -0.39 is 0 Å². The average Bonchev–Trinajstić information content (AvgIpc) is 2.60. The van der Waals surface area contributed by atoms with Gasteiger partial charge in [0.25, 0.3) is 5.91 Å². The highest BCUT2D eigenvalue weighted by molar-refractivity contribution is 6.33. The summed E-state index contributed by atoms with van der Waals surface area (Å²) >= 11 is 5.95. The molecule has 1 amide bonds. The highest BCUT2D eigenvalue weighted by Crippen LogP contribution is 2.24. The number of hydrogen-bond acceptors (Lipinski definition) is 3. The van der Waals surface area contributed by atoms with Gasteiger partial charge >= 0.3 is 0 Å². The Hall–Kier alpha value is -1.03. The smallest absolute Gasteiger partial charge is 0.294 e. The first-order valence-electron chi connectivity index (χ1n) is 5.50. The van der Waals surface area contributed by atoms with E-state index in [0.717, 1.165) is 25.9 Å². The lowest BCUT2D eigenvalue weighted by Gasteiger charge is -2.29. The minimum Gasteiger partial charge on any atom is -0.349 e. The van der Waals surface area contributed by atoms with E-state index in [4.69, 9.17) is 16.1 Å². The van der Waals surface area contributed by atoms with Crippen LogP contribution in [0.1, 0.15) is 36.0 Å². The monoisotopic (exact) mass is 242 g/mol. The van der Waals surface area contributed by atoms with Crippen molar-refractivity contribution in [3.05, 3.63) is 16.5 Å². The van der Waals surface area contributed by atoms with Gasteiger partial charge in [0.15, 0.2) is 0 Å².